The van der Waals surface area contributed by atoms with Crippen LogP contribution >= 0.6 is 0 Å². The fraction of sp³-hybridized carbons (Fsp3) is 0.133. The number of hydrogen-bond donors (Lipinski definition) is 1. The highest BCUT2D eigenvalue weighted by atomic mass is 19.1. The van der Waals surface area contributed by atoms with E-state index in [4.69, 9.17) is 14.6 Å². The summed E-state index contributed by atoms with van der Waals surface area (Å²) < 4.78 is 24.1. The van der Waals surface area contributed by atoms with Crippen molar-refractivity contribution < 1.29 is 23.8 Å². The van der Waals surface area contributed by atoms with Gasteiger partial charge in [0.1, 0.15) is 19.0 Å². The van der Waals surface area contributed by atoms with Gasteiger partial charge in [-0.15, -0.1) is 0 Å². The third-order valence-corrected chi connectivity index (χ3v) is 2.53. The highest BCUT2D eigenvalue weighted by Gasteiger charge is 2.09. The highest BCUT2D eigenvalue weighted by molar-refractivity contribution is 5.87. The molecule has 0 atom stereocenters. The number of aromatic carboxylic acids is 1. The van der Waals surface area contributed by atoms with Gasteiger partial charge in [-0.2, -0.15) is 0 Å². The molecule has 0 radical (unpaired) electrons. The van der Waals surface area contributed by atoms with Crippen LogP contribution in [-0.2, 0) is 0 Å². The molecule has 104 valence electrons. The molecule has 2 rings (SSSR count). The Morgan fingerprint density at radius 2 is 1.75 bits per heavy atom. The molecule has 0 aliphatic carbocycles. The number of carboxylic acid groups (broad SMARTS) is 1. The molecule has 20 heavy (non-hydrogen) atoms. The Morgan fingerprint density at radius 3 is 2.40 bits per heavy atom. The largest absolute Gasteiger partial charge is 0.490 e. The zero-order chi connectivity index (χ0) is 14.4. The Hall–Kier alpha value is -2.56. The lowest BCUT2D eigenvalue weighted by atomic mass is 10.2. The zero-order valence-electron chi connectivity index (χ0n) is 10.6. The Morgan fingerprint density at radius 1 is 1.05 bits per heavy atom. The molecule has 0 aromatic heterocycles. The lowest BCUT2D eigenvalue weighted by Crippen LogP contribution is -2.10. The first-order chi connectivity index (χ1) is 9.66. The number of carboxylic acids is 1. The molecule has 0 saturated carbocycles. The average Bonchev–Trinajstić information content (AvgIpc) is 2.46. The van der Waals surface area contributed by atoms with Crippen molar-refractivity contribution in [2.75, 3.05) is 13.2 Å². The Kier molecular flexibility index (Phi) is 4.55. The number of rotatable bonds is 6. The second kappa shape index (κ2) is 6.56. The van der Waals surface area contributed by atoms with Gasteiger partial charge < -0.3 is 14.6 Å². The standard InChI is InChI=1S/C15H13FO4/c16-13-10-11(15(17)18)6-7-14(13)20-9-8-19-12-4-2-1-3-5-12/h1-7,10H,8-9H2,(H,17,18). The third kappa shape index (κ3) is 3.71. The first kappa shape index (κ1) is 13.9. The van der Waals surface area contributed by atoms with Gasteiger partial charge in [-0.05, 0) is 30.3 Å². The van der Waals surface area contributed by atoms with E-state index in [1.165, 1.54) is 12.1 Å². The first-order valence-electron chi connectivity index (χ1n) is 6.00. The fourth-order valence-corrected chi connectivity index (χ4v) is 1.58. The number of carbonyl (C=O) groups is 1. The lowest BCUT2D eigenvalue weighted by Gasteiger charge is -2.09. The van der Waals surface area contributed by atoms with E-state index in [0.717, 1.165) is 6.07 Å². The van der Waals surface area contributed by atoms with Gasteiger partial charge in [0.15, 0.2) is 11.6 Å². The van der Waals surface area contributed by atoms with Crippen molar-refractivity contribution in [3.63, 3.8) is 0 Å². The molecule has 0 aliphatic rings. The van der Waals surface area contributed by atoms with Gasteiger partial charge in [0.25, 0.3) is 0 Å². The quantitative estimate of drug-likeness (QED) is 0.824. The van der Waals surface area contributed by atoms with Crippen LogP contribution in [-0.4, -0.2) is 24.3 Å². The number of halogens is 1. The summed E-state index contributed by atoms with van der Waals surface area (Å²) in [5.74, 6) is -1.17. The topological polar surface area (TPSA) is 55.8 Å². The summed E-state index contributed by atoms with van der Waals surface area (Å²) in [7, 11) is 0. The summed E-state index contributed by atoms with van der Waals surface area (Å²) >= 11 is 0. The van der Waals surface area contributed by atoms with Crippen LogP contribution < -0.4 is 9.47 Å². The van der Waals surface area contributed by atoms with Crippen LogP contribution in [0.5, 0.6) is 11.5 Å². The second-order valence-electron chi connectivity index (χ2n) is 3.96. The van der Waals surface area contributed by atoms with Gasteiger partial charge in [-0.25, -0.2) is 9.18 Å². The molecule has 2 aromatic carbocycles. The zero-order valence-corrected chi connectivity index (χ0v) is 10.6. The molecule has 0 saturated heterocycles. The SMILES string of the molecule is O=C(O)c1ccc(OCCOc2ccccc2)c(F)c1. The number of para-hydroxylation sites is 1. The smallest absolute Gasteiger partial charge is 0.335 e. The Balaban J connectivity index is 1.84. The molecule has 0 spiro atoms. The van der Waals surface area contributed by atoms with Crippen LogP contribution in [0.3, 0.4) is 0 Å². The van der Waals surface area contributed by atoms with Crippen molar-refractivity contribution in [3.05, 3.63) is 59.9 Å². The fourth-order valence-electron chi connectivity index (χ4n) is 1.58. The normalized spacial score (nSPS) is 10.1. The minimum atomic E-state index is -1.18. The maximum absolute atomic E-state index is 13.5. The molecule has 0 fully saturated rings. The van der Waals surface area contributed by atoms with E-state index < -0.39 is 11.8 Å². The predicted molar refractivity (Wildman–Crippen MR) is 70.8 cm³/mol. The van der Waals surface area contributed by atoms with E-state index in [1.807, 2.05) is 30.3 Å². The molecule has 4 nitrogen and oxygen atoms in total. The van der Waals surface area contributed by atoms with Gasteiger partial charge >= 0.3 is 5.97 Å². The molecular weight excluding hydrogens is 263 g/mol. The van der Waals surface area contributed by atoms with Crippen molar-refractivity contribution >= 4 is 5.97 Å². The molecule has 5 heteroatoms. The van der Waals surface area contributed by atoms with E-state index >= 15 is 0 Å². The summed E-state index contributed by atoms with van der Waals surface area (Å²) in [6.45, 7) is 0.433. The first-order valence-corrected chi connectivity index (χ1v) is 6.00. The molecule has 0 unspecified atom stereocenters. The van der Waals surface area contributed by atoms with Crippen LogP contribution in [0.1, 0.15) is 10.4 Å². The van der Waals surface area contributed by atoms with Crippen LogP contribution in [0.15, 0.2) is 48.5 Å². The van der Waals surface area contributed by atoms with Gasteiger partial charge in [-0.3, -0.25) is 0 Å². The van der Waals surface area contributed by atoms with E-state index in [2.05, 4.69) is 0 Å². The van der Waals surface area contributed by atoms with E-state index in [1.54, 1.807) is 0 Å². The summed E-state index contributed by atoms with van der Waals surface area (Å²) in [6, 6.07) is 12.7. The minimum absolute atomic E-state index is 0.00617. The van der Waals surface area contributed by atoms with Gasteiger partial charge in [-0.1, -0.05) is 18.2 Å². The number of hydrogen-bond acceptors (Lipinski definition) is 3. The third-order valence-electron chi connectivity index (χ3n) is 2.53. The van der Waals surface area contributed by atoms with Crippen molar-refractivity contribution in [2.24, 2.45) is 0 Å². The molecule has 0 bridgehead atoms. The van der Waals surface area contributed by atoms with Crippen LogP contribution in [0.4, 0.5) is 4.39 Å². The summed E-state index contributed by atoms with van der Waals surface area (Å²) in [6.07, 6.45) is 0. The van der Waals surface area contributed by atoms with E-state index in [-0.39, 0.29) is 24.5 Å². The molecule has 1 N–H and O–H groups in total. The maximum atomic E-state index is 13.5. The van der Waals surface area contributed by atoms with Gasteiger partial charge in [0, 0.05) is 0 Å². The lowest BCUT2D eigenvalue weighted by molar-refractivity contribution is 0.0696. The van der Waals surface area contributed by atoms with Crippen molar-refractivity contribution in [1.29, 1.82) is 0 Å². The minimum Gasteiger partial charge on any atom is -0.490 e. The van der Waals surface area contributed by atoms with Crippen LogP contribution in [0.2, 0.25) is 0 Å². The molecule has 2 aromatic rings. The Bertz CT molecular complexity index is 584. The number of ether oxygens (including phenoxy) is 2. The Labute approximate surface area is 115 Å². The molecule has 0 amide bonds. The molecule has 0 heterocycles. The summed E-state index contributed by atoms with van der Waals surface area (Å²) in [5.41, 5.74) is -0.115. The van der Waals surface area contributed by atoms with Crippen molar-refractivity contribution in [2.45, 2.75) is 0 Å². The second-order valence-corrected chi connectivity index (χ2v) is 3.96. The van der Waals surface area contributed by atoms with Crippen LogP contribution in [0, 0.1) is 5.82 Å². The number of benzene rings is 2. The molecule has 0 aliphatic heterocycles. The van der Waals surface area contributed by atoms with Gasteiger partial charge in [0.2, 0.25) is 0 Å². The average molecular weight is 276 g/mol. The van der Waals surface area contributed by atoms with Crippen molar-refractivity contribution in [1.82, 2.24) is 0 Å². The molecular formula is C15H13FO4. The van der Waals surface area contributed by atoms with Gasteiger partial charge in [0.05, 0.1) is 5.56 Å². The monoisotopic (exact) mass is 276 g/mol. The van der Waals surface area contributed by atoms with Crippen molar-refractivity contribution in [3.8, 4) is 11.5 Å². The highest BCUT2D eigenvalue weighted by Crippen LogP contribution is 2.18. The maximum Gasteiger partial charge on any atom is 0.335 e. The van der Waals surface area contributed by atoms with E-state index in [9.17, 15) is 9.18 Å². The van der Waals surface area contributed by atoms with E-state index in [0.29, 0.717) is 5.75 Å². The van der Waals surface area contributed by atoms with Crippen LogP contribution in [0.25, 0.3) is 0 Å². The predicted octanol–water partition coefficient (Wildman–Crippen LogP) is 2.98. The summed E-state index contributed by atoms with van der Waals surface area (Å²) in [4.78, 5) is 10.7. The summed E-state index contributed by atoms with van der Waals surface area (Å²) in [5, 5.41) is 8.71.